The summed E-state index contributed by atoms with van der Waals surface area (Å²) < 4.78 is 5.08. The highest BCUT2D eigenvalue weighted by atomic mass is 16.5. The van der Waals surface area contributed by atoms with Crippen LogP contribution in [0.1, 0.15) is 64.2 Å². The fourth-order valence-electron chi connectivity index (χ4n) is 3.28. The summed E-state index contributed by atoms with van der Waals surface area (Å²) in [4.78, 5) is 25.1. The standard InChI is InChI=1S/C16H27NO3/c18-15(17-11-4-5-12-17)13-20-16(19)10-6-9-14-7-2-1-3-8-14/h14H,1-13H2. The average Bonchev–Trinajstić information content (AvgIpc) is 3.00. The fourth-order valence-corrected chi connectivity index (χ4v) is 3.28. The molecule has 0 unspecified atom stereocenters. The number of carbonyl (C=O) groups is 2. The van der Waals surface area contributed by atoms with Crippen LogP contribution in [0.25, 0.3) is 0 Å². The Bertz CT molecular complexity index is 318. The van der Waals surface area contributed by atoms with Crippen LogP contribution in [0.2, 0.25) is 0 Å². The number of nitrogens with zero attached hydrogens (tertiary/aromatic N) is 1. The third-order valence-electron chi connectivity index (χ3n) is 4.53. The summed E-state index contributed by atoms with van der Waals surface area (Å²) in [6.07, 6.45) is 11.4. The molecule has 1 amide bonds. The summed E-state index contributed by atoms with van der Waals surface area (Å²) in [5, 5.41) is 0. The zero-order chi connectivity index (χ0) is 14.2. The molecule has 2 aliphatic rings. The largest absolute Gasteiger partial charge is 0.456 e. The molecule has 0 aromatic rings. The lowest BCUT2D eigenvalue weighted by molar-refractivity contribution is -0.151. The van der Waals surface area contributed by atoms with E-state index in [-0.39, 0.29) is 18.5 Å². The number of likely N-dealkylation sites (tertiary alicyclic amines) is 1. The van der Waals surface area contributed by atoms with Crippen LogP contribution in [0.15, 0.2) is 0 Å². The maximum absolute atomic E-state index is 11.7. The number of hydrogen-bond acceptors (Lipinski definition) is 3. The number of ether oxygens (including phenoxy) is 1. The molecule has 1 aliphatic heterocycles. The lowest BCUT2D eigenvalue weighted by atomic mass is 9.86. The van der Waals surface area contributed by atoms with E-state index in [2.05, 4.69) is 0 Å². The van der Waals surface area contributed by atoms with E-state index in [4.69, 9.17) is 4.74 Å². The van der Waals surface area contributed by atoms with Crippen molar-refractivity contribution in [1.29, 1.82) is 0 Å². The molecule has 0 N–H and O–H groups in total. The average molecular weight is 281 g/mol. The molecule has 0 aromatic heterocycles. The first-order valence-corrected chi connectivity index (χ1v) is 8.19. The van der Waals surface area contributed by atoms with E-state index < -0.39 is 0 Å². The van der Waals surface area contributed by atoms with E-state index in [0.29, 0.717) is 6.42 Å². The van der Waals surface area contributed by atoms with E-state index in [1.165, 1.54) is 32.1 Å². The summed E-state index contributed by atoms with van der Waals surface area (Å²) in [5.74, 6) is 0.555. The van der Waals surface area contributed by atoms with E-state index in [0.717, 1.165) is 44.7 Å². The predicted octanol–water partition coefficient (Wildman–Crippen LogP) is 2.90. The fraction of sp³-hybridized carbons (Fsp3) is 0.875. The number of carbonyl (C=O) groups excluding carboxylic acids is 2. The second-order valence-corrected chi connectivity index (χ2v) is 6.14. The Hall–Kier alpha value is -1.06. The maximum Gasteiger partial charge on any atom is 0.306 e. The second kappa shape index (κ2) is 8.28. The quantitative estimate of drug-likeness (QED) is 0.703. The Kier molecular flexibility index (Phi) is 6.34. The van der Waals surface area contributed by atoms with Crippen molar-refractivity contribution in [3.8, 4) is 0 Å². The van der Waals surface area contributed by atoms with Crippen molar-refractivity contribution in [2.75, 3.05) is 19.7 Å². The minimum absolute atomic E-state index is 0.0388. The third-order valence-corrected chi connectivity index (χ3v) is 4.53. The van der Waals surface area contributed by atoms with Crippen LogP contribution in [0.3, 0.4) is 0 Å². The normalized spacial score (nSPS) is 20.1. The van der Waals surface area contributed by atoms with Gasteiger partial charge < -0.3 is 9.64 Å². The van der Waals surface area contributed by atoms with Gasteiger partial charge in [-0.05, 0) is 31.6 Å². The Morgan fingerprint density at radius 1 is 1.00 bits per heavy atom. The summed E-state index contributed by atoms with van der Waals surface area (Å²) >= 11 is 0. The molecule has 0 spiro atoms. The molecular formula is C16H27NO3. The van der Waals surface area contributed by atoms with Crippen LogP contribution in [0.4, 0.5) is 0 Å². The van der Waals surface area contributed by atoms with Crippen molar-refractivity contribution in [1.82, 2.24) is 4.90 Å². The SMILES string of the molecule is O=C(CCCC1CCCCC1)OCC(=O)N1CCCC1. The first kappa shape index (κ1) is 15.3. The smallest absolute Gasteiger partial charge is 0.306 e. The van der Waals surface area contributed by atoms with Gasteiger partial charge in [0.1, 0.15) is 0 Å². The van der Waals surface area contributed by atoms with Crippen LogP contribution in [0.5, 0.6) is 0 Å². The second-order valence-electron chi connectivity index (χ2n) is 6.14. The number of rotatable bonds is 6. The van der Waals surface area contributed by atoms with Crippen molar-refractivity contribution in [3.05, 3.63) is 0 Å². The molecule has 20 heavy (non-hydrogen) atoms. The number of esters is 1. The van der Waals surface area contributed by atoms with Crippen molar-refractivity contribution in [3.63, 3.8) is 0 Å². The summed E-state index contributed by atoms with van der Waals surface area (Å²) in [5.41, 5.74) is 0. The molecule has 1 saturated heterocycles. The monoisotopic (exact) mass is 281 g/mol. The molecule has 1 aliphatic carbocycles. The van der Waals surface area contributed by atoms with E-state index in [9.17, 15) is 9.59 Å². The Morgan fingerprint density at radius 3 is 2.40 bits per heavy atom. The topological polar surface area (TPSA) is 46.6 Å². The minimum Gasteiger partial charge on any atom is -0.456 e. The first-order valence-electron chi connectivity index (χ1n) is 8.19. The molecule has 2 fully saturated rings. The van der Waals surface area contributed by atoms with E-state index in [1.807, 2.05) is 0 Å². The molecule has 1 heterocycles. The third kappa shape index (κ3) is 5.14. The predicted molar refractivity (Wildman–Crippen MR) is 77.2 cm³/mol. The molecule has 114 valence electrons. The van der Waals surface area contributed by atoms with Gasteiger partial charge in [0.05, 0.1) is 0 Å². The lowest BCUT2D eigenvalue weighted by Gasteiger charge is -2.21. The van der Waals surface area contributed by atoms with E-state index >= 15 is 0 Å². The van der Waals surface area contributed by atoms with Crippen molar-refractivity contribution in [2.45, 2.75) is 64.2 Å². The zero-order valence-corrected chi connectivity index (χ0v) is 12.4. The Morgan fingerprint density at radius 2 is 1.70 bits per heavy atom. The molecule has 4 nitrogen and oxygen atoms in total. The van der Waals surface area contributed by atoms with Crippen molar-refractivity contribution in [2.24, 2.45) is 5.92 Å². The zero-order valence-electron chi connectivity index (χ0n) is 12.4. The summed E-state index contributed by atoms with van der Waals surface area (Å²) in [6.45, 7) is 1.57. The highest BCUT2D eigenvalue weighted by Gasteiger charge is 2.19. The lowest BCUT2D eigenvalue weighted by Crippen LogP contribution is -2.32. The molecule has 4 heteroatoms. The molecule has 1 saturated carbocycles. The first-order chi connectivity index (χ1) is 9.75. The molecule has 0 bridgehead atoms. The van der Waals surface area contributed by atoms with Crippen LogP contribution in [-0.2, 0) is 14.3 Å². The van der Waals surface area contributed by atoms with Crippen LogP contribution in [-0.4, -0.2) is 36.5 Å². The molecule has 0 radical (unpaired) electrons. The van der Waals surface area contributed by atoms with Crippen LogP contribution < -0.4 is 0 Å². The van der Waals surface area contributed by atoms with Crippen molar-refractivity contribution >= 4 is 11.9 Å². The van der Waals surface area contributed by atoms with Gasteiger partial charge in [-0.2, -0.15) is 0 Å². The molecule has 0 aromatic carbocycles. The highest BCUT2D eigenvalue weighted by molar-refractivity contribution is 5.80. The van der Waals surface area contributed by atoms with Gasteiger partial charge >= 0.3 is 5.97 Å². The van der Waals surface area contributed by atoms with Gasteiger partial charge in [0.2, 0.25) is 0 Å². The van der Waals surface area contributed by atoms with Crippen molar-refractivity contribution < 1.29 is 14.3 Å². The molecule has 0 atom stereocenters. The minimum atomic E-state index is -0.214. The van der Waals surface area contributed by atoms with Gasteiger partial charge in [0.25, 0.3) is 5.91 Å². The number of amides is 1. The highest BCUT2D eigenvalue weighted by Crippen LogP contribution is 2.27. The van der Waals surface area contributed by atoms with Gasteiger partial charge in [0, 0.05) is 19.5 Å². The van der Waals surface area contributed by atoms with Gasteiger partial charge in [-0.15, -0.1) is 0 Å². The molecular weight excluding hydrogens is 254 g/mol. The Labute approximate surface area is 121 Å². The van der Waals surface area contributed by atoms with Gasteiger partial charge in [-0.25, -0.2) is 0 Å². The van der Waals surface area contributed by atoms with Crippen LogP contribution in [0, 0.1) is 5.92 Å². The van der Waals surface area contributed by atoms with E-state index in [1.54, 1.807) is 4.90 Å². The van der Waals surface area contributed by atoms with Gasteiger partial charge in [0.15, 0.2) is 6.61 Å². The van der Waals surface area contributed by atoms with Crippen LogP contribution >= 0.6 is 0 Å². The van der Waals surface area contributed by atoms with Gasteiger partial charge in [-0.3, -0.25) is 9.59 Å². The Balaban J connectivity index is 1.52. The summed E-state index contributed by atoms with van der Waals surface area (Å²) in [7, 11) is 0. The molecule has 2 rings (SSSR count). The summed E-state index contributed by atoms with van der Waals surface area (Å²) in [6, 6.07) is 0. The van der Waals surface area contributed by atoms with Gasteiger partial charge in [-0.1, -0.05) is 32.1 Å². The number of hydrogen-bond donors (Lipinski definition) is 0. The maximum atomic E-state index is 11.7.